The van der Waals surface area contributed by atoms with Gasteiger partial charge in [-0.15, -0.1) is 0 Å². The van der Waals surface area contributed by atoms with Gasteiger partial charge in [0.05, 0.1) is 5.02 Å². The average molecular weight is 232 g/mol. The maximum atomic E-state index is 13.2. The number of carbonyl (C=O) groups is 1. The highest BCUT2D eigenvalue weighted by atomic mass is 35.5. The van der Waals surface area contributed by atoms with E-state index in [-0.39, 0.29) is 16.7 Å². The van der Waals surface area contributed by atoms with Gasteiger partial charge in [0.25, 0.3) is 0 Å². The molecule has 0 aliphatic heterocycles. The monoisotopic (exact) mass is 231 g/mol. The summed E-state index contributed by atoms with van der Waals surface area (Å²) in [7, 11) is 1.51. The number of rotatable bonds is 3. The minimum atomic E-state index is -0.585. The molecule has 1 unspecified atom stereocenters. The van der Waals surface area contributed by atoms with Gasteiger partial charge < -0.3 is 10.6 Å². The number of hydrogen-bond donors (Lipinski definition) is 2. The fourth-order valence-corrected chi connectivity index (χ4v) is 1.15. The van der Waals surface area contributed by atoms with Crippen molar-refractivity contribution in [2.24, 2.45) is 0 Å². The number of aromatic nitrogens is 1. The molecule has 0 saturated carbocycles. The van der Waals surface area contributed by atoms with Crippen molar-refractivity contribution in [3.05, 3.63) is 23.1 Å². The molecule has 4 nitrogen and oxygen atoms in total. The van der Waals surface area contributed by atoms with Gasteiger partial charge in [0.2, 0.25) is 5.91 Å². The quantitative estimate of drug-likeness (QED) is 0.827. The third-order valence-corrected chi connectivity index (χ3v) is 2.01. The van der Waals surface area contributed by atoms with Crippen LogP contribution >= 0.6 is 11.6 Å². The predicted octanol–water partition coefficient (Wildman–Crippen LogP) is 1.42. The van der Waals surface area contributed by atoms with Crippen LogP contribution in [0.5, 0.6) is 0 Å². The molecule has 82 valence electrons. The number of halogens is 2. The average Bonchev–Trinajstić information content (AvgIpc) is 2.20. The van der Waals surface area contributed by atoms with Crippen molar-refractivity contribution < 1.29 is 9.18 Å². The Kier molecular flexibility index (Phi) is 3.85. The van der Waals surface area contributed by atoms with Gasteiger partial charge in [-0.2, -0.15) is 0 Å². The summed E-state index contributed by atoms with van der Waals surface area (Å²) in [4.78, 5) is 14.9. The lowest BCUT2D eigenvalue weighted by atomic mass is 10.3. The molecule has 1 heterocycles. The van der Waals surface area contributed by atoms with Crippen LogP contribution in [-0.2, 0) is 4.79 Å². The van der Waals surface area contributed by atoms with Crippen LogP contribution in [0.4, 0.5) is 10.2 Å². The van der Waals surface area contributed by atoms with Gasteiger partial charge in [-0.3, -0.25) is 4.79 Å². The van der Waals surface area contributed by atoms with Gasteiger partial charge >= 0.3 is 0 Å². The SMILES string of the molecule is CNC(=O)C(C)Nc1ncc(Cl)cc1F. The molecule has 0 bridgehead atoms. The molecular weight excluding hydrogens is 221 g/mol. The first kappa shape index (κ1) is 11.7. The highest BCUT2D eigenvalue weighted by molar-refractivity contribution is 6.30. The molecule has 0 spiro atoms. The van der Waals surface area contributed by atoms with Gasteiger partial charge in [0.1, 0.15) is 6.04 Å². The summed E-state index contributed by atoms with van der Waals surface area (Å²) in [6, 6.07) is 0.575. The Morgan fingerprint density at radius 2 is 2.33 bits per heavy atom. The highest BCUT2D eigenvalue weighted by Gasteiger charge is 2.13. The zero-order valence-electron chi connectivity index (χ0n) is 8.34. The summed E-state index contributed by atoms with van der Waals surface area (Å²) in [5.74, 6) is -0.820. The fraction of sp³-hybridized carbons (Fsp3) is 0.333. The van der Waals surface area contributed by atoms with E-state index in [9.17, 15) is 9.18 Å². The second-order valence-corrected chi connectivity index (χ2v) is 3.40. The molecule has 2 N–H and O–H groups in total. The minimum absolute atomic E-state index is 0.00972. The fourth-order valence-electron chi connectivity index (χ4n) is 1.01. The van der Waals surface area contributed by atoms with Gasteiger partial charge in [-0.1, -0.05) is 11.6 Å². The van der Waals surface area contributed by atoms with Crippen molar-refractivity contribution in [1.82, 2.24) is 10.3 Å². The van der Waals surface area contributed by atoms with Gasteiger partial charge in [0.15, 0.2) is 11.6 Å². The topological polar surface area (TPSA) is 54.0 Å². The van der Waals surface area contributed by atoms with E-state index in [4.69, 9.17) is 11.6 Å². The number of pyridine rings is 1. The molecule has 0 fully saturated rings. The van der Waals surface area contributed by atoms with E-state index >= 15 is 0 Å². The van der Waals surface area contributed by atoms with Crippen LogP contribution in [0.1, 0.15) is 6.92 Å². The summed E-state index contributed by atoms with van der Waals surface area (Å²) < 4.78 is 13.2. The van der Waals surface area contributed by atoms with Gasteiger partial charge in [-0.25, -0.2) is 9.37 Å². The van der Waals surface area contributed by atoms with Crippen molar-refractivity contribution in [3.8, 4) is 0 Å². The first-order valence-corrected chi connectivity index (χ1v) is 4.71. The first-order chi connectivity index (χ1) is 7.04. The Hall–Kier alpha value is -1.36. The lowest BCUT2D eigenvalue weighted by Crippen LogP contribution is -2.35. The van der Waals surface area contributed by atoms with Crippen LogP contribution < -0.4 is 10.6 Å². The molecule has 0 aliphatic rings. The van der Waals surface area contributed by atoms with E-state index in [1.165, 1.54) is 13.2 Å². The highest BCUT2D eigenvalue weighted by Crippen LogP contribution is 2.15. The maximum Gasteiger partial charge on any atom is 0.241 e. The third-order valence-electron chi connectivity index (χ3n) is 1.80. The molecule has 1 aromatic heterocycles. The second-order valence-electron chi connectivity index (χ2n) is 2.96. The van der Waals surface area contributed by atoms with Crippen molar-refractivity contribution in [2.45, 2.75) is 13.0 Å². The molecule has 15 heavy (non-hydrogen) atoms. The normalized spacial score (nSPS) is 12.0. The van der Waals surface area contributed by atoms with E-state index in [1.54, 1.807) is 6.92 Å². The third kappa shape index (κ3) is 3.06. The van der Waals surface area contributed by atoms with Crippen molar-refractivity contribution >= 4 is 23.3 Å². The Balaban J connectivity index is 2.76. The molecule has 0 radical (unpaired) electrons. The first-order valence-electron chi connectivity index (χ1n) is 4.33. The molecular formula is C9H11ClFN3O. The number of likely N-dealkylation sites (N-methyl/N-ethyl adjacent to an activating group) is 1. The minimum Gasteiger partial charge on any atom is -0.357 e. The lowest BCUT2D eigenvalue weighted by molar-refractivity contribution is -0.121. The smallest absolute Gasteiger partial charge is 0.241 e. The Bertz CT molecular complexity index is 372. The number of nitrogens with one attached hydrogen (secondary N) is 2. The molecule has 1 rings (SSSR count). The van der Waals surface area contributed by atoms with Crippen LogP contribution in [-0.4, -0.2) is 24.0 Å². The zero-order chi connectivity index (χ0) is 11.4. The van der Waals surface area contributed by atoms with Crippen LogP contribution in [0.15, 0.2) is 12.3 Å². The van der Waals surface area contributed by atoms with Crippen LogP contribution in [0.3, 0.4) is 0 Å². The molecule has 0 aliphatic carbocycles. The van der Waals surface area contributed by atoms with Crippen LogP contribution in [0.25, 0.3) is 0 Å². The van der Waals surface area contributed by atoms with Gasteiger partial charge in [0, 0.05) is 13.2 Å². The summed E-state index contributed by atoms with van der Waals surface area (Å²) in [6.45, 7) is 1.61. The number of nitrogens with zero attached hydrogens (tertiary/aromatic N) is 1. The predicted molar refractivity (Wildman–Crippen MR) is 56.4 cm³/mol. The molecule has 1 amide bonds. The summed E-state index contributed by atoms with van der Waals surface area (Å²) in [5.41, 5.74) is 0. The number of carbonyl (C=O) groups excluding carboxylic acids is 1. The standard InChI is InChI=1S/C9H11ClFN3O/c1-5(9(15)12-2)14-8-7(11)3-6(10)4-13-8/h3-5H,1-2H3,(H,12,15)(H,13,14). The largest absolute Gasteiger partial charge is 0.357 e. The maximum absolute atomic E-state index is 13.2. The summed E-state index contributed by atoms with van der Waals surface area (Å²) in [6.07, 6.45) is 1.31. The van der Waals surface area contributed by atoms with E-state index in [2.05, 4.69) is 15.6 Å². The van der Waals surface area contributed by atoms with E-state index < -0.39 is 11.9 Å². The number of anilines is 1. The van der Waals surface area contributed by atoms with Gasteiger partial charge in [-0.05, 0) is 13.0 Å². The van der Waals surface area contributed by atoms with Crippen LogP contribution in [0.2, 0.25) is 5.02 Å². The Morgan fingerprint density at radius 3 is 2.87 bits per heavy atom. The van der Waals surface area contributed by atoms with Crippen molar-refractivity contribution in [1.29, 1.82) is 0 Å². The molecule has 0 aromatic carbocycles. The zero-order valence-corrected chi connectivity index (χ0v) is 9.10. The van der Waals surface area contributed by atoms with E-state index in [0.29, 0.717) is 0 Å². The number of amides is 1. The van der Waals surface area contributed by atoms with Crippen LogP contribution in [0, 0.1) is 5.82 Å². The second kappa shape index (κ2) is 4.93. The number of hydrogen-bond acceptors (Lipinski definition) is 3. The van der Waals surface area contributed by atoms with Crippen molar-refractivity contribution in [3.63, 3.8) is 0 Å². The lowest BCUT2D eigenvalue weighted by Gasteiger charge is -2.13. The molecule has 1 aromatic rings. The molecule has 1 atom stereocenters. The summed E-state index contributed by atoms with van der Waals surface area (Å²) in [5, 5.41) is 5.28. The van der Waals surface area contributed by atoms with E-state index in [0.717, 1.165) is 6.07 Å². The van der Waals surface area contributed by atoms with E-state index in [1.807, 2.05) is 0 Å². The molecule has 6 heteroatoms. The summed E-state index contributed by atoms with van der Waals surface area (Å²) >= 11 is 5.53. The van der Waals surface area contributed by atoms with Crippen molar-refractivity contribution in [2.75, 3.05) is 12.4 Å². The molecule has 0 saturated heterocycles. The Morgan fingerprint density at radius 1 is 1.67 bits per heavy atom. The Labute approximate surface area is 91.8 Å².